The van der Waals surface area contributed by atoms with Gasteiger partial charge in [0.1, 0.15) is 5.82 Å². The quantitative estimate of drug-likeness (QED) is 0.631. The number of amides is 1. The summed E-state index contributed by atoms with van der Waals surface area (Å²) in [6, 6.07) is 1.13. The Hall–Kier alpha value is -2.05. The molecule has 0 aliphatic heterocycles. The number of benzene rings is 1. The minimum atomic E-state index is -1.32. The molecule has 20 heavy (non-hydrogen) atoms. The number of hydrogen-bond donors (Lipinski definition) is 0. The van der Waals surface area contributed by atoms with Crippen LogP contribution in [0.15, 0.2) is 12.1 Å². The molecule has 0 spiro atoms. The highest BCUT2D eigenvalue weighted by Gasteiger charge is 2.31. The Morgan fingerprint density at radius 1 is 1.40 bits per heavy atom. The molecule has 0 N–H and O–H groups in total. The molecule has 0 saturated carbocycles. The fourth-order valence-corrected chi connectivity index (χ4v) is 1.56. The Morgan fingerprint density at radius 3 is 2.40 bits per heavy atom. The molecule has 0 saturated heterocycles. The van der Waals surface area contributed by atoms with Gasteiger partial charge < -0.3 is 4.90 Å². The molecule has 0 fully saturated rings. The number of nitrogens with zero attached hydrogens (tertiary/aromatic N) is 2. The van der Waals surface area contributed by atoms with Gasteiger partial charge in [-0.1, -0.05) is 6.92 Å². The molecule has 0 radical (unpaired) electrons. The van der Waals surface area contributed by atoms with E-state index in [-0.39, 0.29) is 0 Å². The van der Waals surface area contributed by atoms with Crippen LogP contribution in [0.1, 0.15) is 37.6 Å². The second-order valence-electron chi connectivity index (χ2n) is 5.07. The Morgan fingerprint density at radius 2 is 1.95 bits per heavy atom. The number of carbonyl (C=O) groups is 1. The van der Waals surface area contributed by atoms with Crippen LogP contribution in [0.2, 0.25) is 0 Å². The molecule has 0 aromatic heterocycles. The van der Waals surface area contributed by atoms with Crippen molar-refractivity contribution in [1.82, 2.24) is 4.90 Å². The van der Waals surface area contributed by atoms with Crippen molar-refractivity contribution < 1.29 is 18.5 Å². The number of nitro benzene ring substituents is 1. The lowest BCUT2D eigenvalue weighted by Gasteiger charge is -2.34. The summed E-state index contributed by atoms with van der Waals surface area (Å²) in [4.78, 5) is 23.0. The fourth-order valence-electron chi connectivity index (χ4n) is 1.56. The molecule has 0 unspecified atom stereocenters. The molecule has 0 atom stereocenters. The van der Waals surface area contributed by atoms with Crippen LogP contribution in [0.4, 0.5) is 14.5 Å². The van der Waals surface area contributed by atoms with Gasteiger partial charge in [0.15, 0.2) is 0 Å². The van der Waals surface area contributed by atoms with Gasteiger partial charge in [-0.15, -0.1) is 0 Å². The average molecular weight is 286 g/mol. The first-order valence-corrected chi connectivity index (χ1v) is 6.03. The second kappa shape index (κ2) is 5.52. The molecule has 0 aliphatic carbocycles. The first-order valence-electron chi connectivity index (χ1n) is 6.03. The van der Waals surface area contributed by atoms with E-state index in [0.717, 1.165) is 0 Å². The third-order valence-electron chi connectivity index (χ3n) is 3.52. The molecule has 1 rings (SSSR count). The van der Waals surface area contributed by atoms with Crippen molar-refractivity contribution in [3.63, 3.8) is 0 Å². The number of carbonyl (C=O) groups excluding carboxylic acids is 1. The highest BCUT2D eigenvalue weighted by atomic mass is 19.1. The zero-order valence-electron chi connectivity index (χ0n) is 11.7. The highest BCUT2D eigenvalue weighted by Crippen LogP contribution is 2.26. The number of halogens is 2. The Labute approximate surface area is 115 Å². The van der Waals surface area contributed by atoms with Crippen molar-refractivity contribution in [2.24, 2.45) is 0 Å². The van der Waals surface area contributed by atoms with Gasteiger partial charge in [0.2, 0.25) is 5.82 Å². The molecule has 7 heteroatoms. The Bertz CT molecular complexity index is 559. The monoisotopic (exact) mass is 286 g/mol. The molecule has 0 heterocycles. The van der Waals surface area contributed by atoms with Gasteiger partial charge in [-0.3, -0.25) is 14.9 Å². The standard InChI is InChI=1S/C13H16F2N2O3/c1-5-13(2,3)16(4)12(18)9-6-8(14)7-10(11(9)15)17(19)20/h6-7H,5H2,1-4H3. The minimum absolute atomic E-state index is 0.455. The van der Waals surface area contributed by atoms with E-state index < -0.39 is 39.3 Å². The molecule has 0 bridgehead atoms. The smallest absolute Gasteiger partial charge is 0.308 e. The van der Waals surface area contributed by atoms with Gasteiger partial charge >= 0.3 is 5.69 Å². The lowest BCUT2D eigenvalue weighted by atomic mass is 9.98. The summed E-state index contributed by atoms with van der Waals surface area (Å²) < 4.78 is 27.3. The summed E-state index contributed by atoms with van der Waals surface area (Å²) in [6.45, 7) is 5.36. The first-order chi connectivity index (χ1) is 9.11. The zero-order valence-corrected chi connectivity index (χ0v) is 11.7. The predicted molar refractivity (Wildman–Crippen MR) is 69.5 cm³/mol. The van der Waals surface area contributed by atoms with E-state index in [1.807, 2.05) is 6.92 Å². The van der Waals surface area contributed by atoms with Crippen LogP contribution in [0.3, 0.4) is 0 Å². The maximum atomic E-state index is 14.0. The van der Waals surface area contributed by atoms with Crippen molar-refractivity contribution in [3.05, 3.63) is 39.4 Å². The Balaban J connectivity index is 3.34. The van der Waals surface area contributed by atoms with Crippen molar-refractivity contribution in [2.45, 2.75) is 32.7 Å². The van der Waals surface area contributed by atoms with Crippen LogP contribution in [-0.4, -0.2) is 28.3 Å². The second-order valence-corrected chi connectivity index (χ2v) is 5.07. The van der Waals surface area contributed by atoms with E-state index in [1.54, 1.807) is 13.8 Å². The fraction of sp³-hybridized carbons (Fsp3) is 0.462. The first kappa shape index (κ1) is 16.0. The molecule has 1 aromatic rings. The predicted octanol–water partition coefficient (Wildman–Crippen LogP) is 3.13. The van der Waals surface area contributed by atoms with Crippen LogP contribution in [0.5, 0.6) is 0 Å². The van der Waals surface area contributed by atoms with E-state index >= 15 is 0 Å². The summed E-state index contributed by atoms with van der Waals surface area (Å²) in [6.07, 6.45) is 0.592. The lowest BCUT2D eigenvalue weighted by Crippen LogP contribution is -2.44. The maximum Gasteiger partial charge on any atom is 0.308 e. The molecular formula is C13H16F2N2O3. The van der Waals surface area contributed by atoms with Gasteiger partial charge in [-0.2, -0.15) is 4.39 Å². The van der Waals surface area contributed by atoms with E-state index in [2.05, 4.69) is 0 Å². The maximum absolute atomic E-state index is 14.0. The third-order valence-corrected chi connectivity index (χ3v) is 3.52. The average Bonchev–Trinajstić information content (AvgIpc) is 2.38. The van der Waals surface area contributed by atoms with Crippen molar-refractivity contribution in [2.75, 3.05) is 7.05 Å². The summed E-state index contributed by atoms with van der Waals surface area (Å²) >= 11 is 0. The molecule has 1 aromatic carbocycles. The van der Waals surface area contributed by atoms with Crippen LogP contribution in [-0.2, 0) is 0 Å². The minimum Gasteiger partial charge on any atom is -0.337 e. The molecule has 110 valence electrons. The molecule has 0 aliphatic rings. The normalized spacial score (nSPS) is 11.3. The van der Waals surface area contributed by atoms with Crippen LogP contribution in [0, 0.1) is 21.7 Å². The molecule has 5 nitrogen and oxygen atoms in total. The summed E-state index contributed by atoms with van der Waals surface area (Å²) in [5.41, 5.74) is -2.26. The largest absolute Gasteiger partial charge is 0.337 e. The van der Waals surface area contributed by atoms with Crippen LogP contribution < -0.4 is 0 Å². The van der Waals surface area contributed by atoms with Gasteiger partial charge in [-0.25, -0.2) is 4.39 Å². The van der Waals surface area contributed by atoms with Crippen molar-refractivity contribution in [3.8, 4) is 0 Å². The number of rotatable bonds is 4. The zero-order chi connectivity index (χ0) is 15.7. The van der Waals surface area contributed by atoms with Crippen molar-refractivity contribution >= 4 is 11.6 Å². The van der Waals surface area contributed by atoms with E-state index in [1.165, 1.54) is 11.9 Å². The SMILES string of the molecule is CCC(C)(C)N(C)C(=O)c1cc(F)cc([N+](=O)[O-])c1F. The van der Waals surface area contributed by atoms with E-state index in [9.17, 15) is 23.7 Å². The van der Waals surface area contributed by atoms with E-state index in [0.29, 0.717) is 18.6 Å². The lowest BCUT2D eigenvalue weighted by molar-refractivity contribution is -0.387. The van der Waals surface area contributed by atoms with Crippen molar-refractivity contribution in [1.29, 1.82) is 0 Å². The molecule has 1 amide bonds. The number of nitro groups is 1. The molecular weight excluding hydrogens is 270 g/mol. The van der Waals surface area contributed by atoms with Gasteiger partial charge in [0.05, 0.1) is 16.6 Å². The number of hydrogen-bond acceptors (Lipinski definition) is 3. The van der Waals surface area contributed by atoms with Gasteiger partial charge in [0.25, 0.3) is 5.91 Å². The van der Waals surface area contributed by atoms with Crippen LogP contribution >= 0.6 is 0 Å². The Kier molecular flexibility index (Phi) is 4.42. The van der Waals surface area contributed by atoms with E-state index in [4.69, 9.17) is 0 Å². The summed E-state index contributed by atoms with van der Waals surface area (Å²) in [7, 11) is 1.45. The topological polar surface area (TPSA) is 63.5 Å². The summed E-state index contributed by atoms with van der Waals surface area (Å²) in [5, 5.41) is 10.6. The van der Waals surface area contributed by atoms with Crippen LogP contribution in [0.25, 0.3) is 0 Å². The van der Waals surface area contributed by atoms with Gasteiger partial charge in [0, 0.05) is 12.6 Å². The summed E-state index contributed by atoms with van der Waals surface area (Å²) in [5.74, 6) is -3.14. The highest BCUT2D eigenvalue weighted by molar-refractivity contribution is 5.95. The van der Waals surface area contributed by atoms with Gasteiger partial charge in [-0.05, 0) is 26.3 Å². The third kappa shape index (κ3) is 2.92.